The number of hydrogen-bond acceptors (Lipinski definition) is 7. The van der Waals surface area contributed by atoms with E-state index < -0.39 is 11.8 Å². The maximum atomic E-state index is 11.6. The van der Waals surface area contributed by atoms with Crippen molar-refractivity contribution in [2.24, 2.45) is 0 Å². The summed E-state index contributed by atoms with van der Waals surface area (Å²) in [6, 6.07) is 0. The summed E-state index contributed by atoms with van der Waals surface area (Å²) in [6.07, 6.45) is 2.83. The van der Waals surface area contributed by atoms with Gasteiger partial charge in [0.25, 0.3) is 0 Å². The largest absolute Gasteiger partial charge is 0.375 e. The molecule has 1 aromatic heterocycles. The van der Waals surface area contributed by atoms with Crippen LogP contribution in [-0.4, -0.2) is 46.4 Å². The molecule has 0 aromatic carbocycles. The van der Waals surface area contributed by atoms with Crippen LogP contribution < -0.4 is 11.1 Å². The predicted molar refractivity (Wildman–Crippen MR) is 76.2 cm³/mol. The summed E-state index contributed by atoms with van der Waals surface area (Å²) >= 11 is 2.55. The predicted octanol–water partition coefficient (Wildman–Crippen LogP) is 0.0826. The average molecular weight is 314 g/mol. The number of thioether (sulfide) groups is 1. The number of thiazole rings is 1. The Labute approximate surface area is 123 Å². The number of imide groups is 1. The molecule has 0 atom stereocenters. The van der Waals surface area contributed by atoms with Gasteiger partial charge < -0.3 is 10.6 Å². The first-order chi connectivity index (χ1) is 9.54. The Morgan fingerprint density at radius 2 is 2.30 bits per heavy atom. The minimum atomic E-state index is -0.449. The molecule has 1 aliphatic heterocycles. The molecule has 0 aliphatic carbocycles. The van der Waals surface area contributed by atoms with E-state index in [-0.39, 0.29) is 18.2 Å². The van der Waals surface area contributed by atoms with Gasteiger partial charge in [0.05, 0.1) is 22.7 Å². The van der Waals surface area contributed by atoms with Crippen LogP contribution in [0.4, 0.5) is 5.13 Å². The minimum absolute atomic E-state index is 0.0397. The zero-order chi connectivity index (χ0) is 14.5. The fourth-order valence-corrected chi connectivity index (χ4v) is 3.31. The van der Waals surface area contributed by atoms with Crippen LogP contribution in [0.25, 0.3) is 0 Å². The first-order valence-corrected chi connectivity index (χ1v) is 7.79. The summed E-state index contributed by atoms with van der Waals surface area (Å²) in [5, 5.41) is 2.71. The molecule has 0 saturated carbocycles. The van der Waals surface area contributed by atoms with Gasteiger partial charge in [0, 0.05) is 13.0 Å². The molecule has 0 bridgehead atoms. The lowest BCUT2D eigenvalue weighted by Gasteiger charge is -2.14. The van der Waals surface area contributed by atoms with E-state index in [2.05, 4.69) is 10.3 Å². The van der Waals surface area contributed by atoms with E-state index in [0.717, 1.165) is 10.6 Å². The molecule has 1 aromatic rings. The number of likely N-dealkylation sites (tertiary alicyclic amines) is 1. The number of nitrogen functional groups attached to an aromatic ring is 1. The number of nitrogens with two attached hydrogens (primary N) is 1. The molecule has 20 heavy (non-hydrogen) atoms. The highest BCUT2D eigenvalue weighted by Gasteiger charge is 2.22. The molecule has 3 N–H and O–H groups in total. The third kappa shape index (κ3) is 4.20. The highest BCUT2D eigenvalue weighted by atomic mass is 32.2. The van der Waals surface area contributed by atoms with Gasteiger partial charge in [0.15, 0.2) is 5.13 Å². The average Bonchev–Trinajstić information content (AvgIpc) is 2.97. The van der Waals surface area contributed by atoms with Crippen LogP contribution in [0.1, 0.15) is 12.8 Å². The second-order valence-electron chi connectivity index (χ2n) is 4.20. The van der Waals surface area contributed by atoms with Gasteiger partial charge in [-0.05, 0) is 6.42 Å². The summed E-state index contributed by atoms with van der Waals surface area (Å²) < 4.78 is 0.819. The molecule has 3 amide bonds. The second-order valence-corrected chi connectivity index (χ2v) is 6.53. The van der Waals surface area contributed by atoms with Crippen molar-refractivity contribution in [3.63, 3.8) is 0 Å². The molecular weight excluding hydrogens is 300 g/mol. The Balaban J connectivity index is 1.71. The quantitative estimate of drug-likeness (QED) is 0.746. The van der Waals surface area contributed by atoms with E-state index in [1.165, 1.54) is 28.0 Å². The summed E-state index contributed by atoms with van der Waals surface area (Å²) in [5.74, 6) is -0.767. The molecular formula is C11H14N4O3S2. The number of carbonyl (C=O) groups excluding carboxylic acids is 3. The van der Waals surface area contributed by atoms with Gasteiger partial charge in [-0.1, -0.05) is 11.3 Å². The number of hydrogen-bond donors (Lipinski definition) is 2. The smallest absolute Gasteiger partial charge is 0.246 e. The summed E-state index contributed by atoms with van der Waals surface area (Å²) in [5.41, 5.74) is 5.47. The van der Waals surface area contributed by atoms with Crippen molar-refractivity contribution in [1.82, 2.24) is 15.2 Å². The molecule has 2 heterocycles. The molecule has 0 radical (unpaired) electrons. The van der Waals surface area contributed by atoms with Gasteiger partial charge in [-0.3, -0.25) is 19.7 Å². The second kappa shape index (κ2) is 6.71. The zero-order valence-corrected chi connectivity index (χ0v) is 12.3. The first-order valence-electron chi connectivity index (χ1n) is 5.99. The van der Waals surface area contributed by atoms with Crippen molar-refractivity contribution < 1.29 is 14.4 Å². The van der Waals surface area contributed by atoms with Crippen LogP contribution in [0, 0.1) is 0 Å². The molecule has 0 unspecified atom stereocenters. The lowest BCUT2D eigenvalue weighted by atomic mass is 10.4. The van der Waals surface area contributed by atoms with Crippen molar-refractivity contribution in [3.8, 4) is 0 Å². The molecule has 2 rings (SSSR count). The highest BCUT2D eigenvalue weighted by Crippen LogP contribution is 2.25. The molecule has 1 aliphatic rings. The normalized spacial score (nSPS) is 14.6. The number of nitrogens with one attached hydrogen (secondary N) is 1. The van der Waals surface area contributed by atoms with Crippen LogP contribution in [0.2, 0.25) is 0 Å². The first kappa shape index (κ1) is 14.8. The number of rotatable bonds is 5. The maximum Gasteiger partial charge on any atom is 0.246 e. The maximum absolute atomic E-state index is 11.6. The van der Waals surface area contributed by atoms with E-state index in [1.54, 1.807) is 6.20 Å². The number of amides is 3. The molecule has 1 fully saturated rings. The monoisotopic (exact) mass is 314 g/mol. The molecule has 0 spiro atoms. The van der Waals surface area contributed by atoms with Crippen LogP contribution in [0.3, 0.4) is 0 Å². The number of aromatic nitrogens is 1. The van der Waals surface area contributed by atoms with Gasteiger partial charge in [0.1, 0.15) is 0 Å². The SMILES string of the molecule is Nc1ncc(SCC(=O)NC(=O)CN2CCCC2=O)s1. The Morgan fingerprint density at radius 3 is 2.90 bits per heavy atom. The van der Waals surface area contributed by atoms with Crippen LogP contribution in [-0.2, 0) is 14.4 Å². The molecule has 9 heteroatoms. The van der Waals surface area contributed by atoms with Gasteiger partial charge in [-0.2, -0.15) is 0 Å². The summed E-state index contributed by atoms with van der Waals surface area (Å²) in [4.78, 5) is 39.9. The number of carbonyl (C=O) groups is 3. The topological polar surface area (TPSA) is 105 Å². The molecule has 7 nitrogen and oxygen atoms in total. The zero-order valence-electron chi connectivity index (χ0n) is 10.6. The van der Waals surface area contributed by atoms with E-state index >= 15 is 0 Å². The third-order valence-electron chi connectivity index (χ3n) is 2.63. The lowest BCUT2D eigenvalue weighted by Crippen LogP contribution is -2.41. The Bertz CT molecular complexity index is 531. The van der Waals surface area contributed by atoms with Crippen molar-refractivity contribution in [1.29, 1.82) is 0 Å². The Kier molecular flexibility index (Phi) is 4.96. The fourth-order valence-electron chi connectivity index (χ4n) is 1.75. The van der Waals surface area contributed by atoms with E-state index in [9.17, 15) is 14.4 Å². The van der Waals surface area contributed by atoms with Crippen molar-refractivity contribution in [3.05, 3.63) is 6.20 Å². The van der Waals surface area contributed by atoms with Crippen molar-refractivity contribution in [2.75, 3.05) is 24.6 Å². The molecule has 1 saturated heterocycles. The lowest BCUT2D eigenvalue weighted by molar-refractivity contribution is -0.135. The van der Waals surface area contributed by atoms with E-state index in [0.29, 0.717) is 18.1 Å². The Hall–Kier alpha value is -1.61. The number of nitrogens with zero attached hydrogens (tertiary/aromatic N) is 2. The van der Waals surface area contributed by atoms with Gasteiger partial charge >= 0.3 is 0 Å². The summed E-state index contributed by atoms with van der Waals surface area (Å²) in [6.45, 7) is 0.526. The van der Waals surface area contributed by atoms with E-state index in [1.807, 2.05) is 0 Å². The van der Waals surface area contributed by atoms with Crippen LogP contribution in [0.5, 0.6) is 0 Å². The Morgan fingerprint density at radius 1 is 1.50 bits per heavy atom. The fraction of sp³-hybridized carbons (Fsp3) is 0.455. The van der Waals surface area contributed by atoms with Crippen LogP contribution >= 0.6 is 23.1 Å². The van der Waals surface area contributed by atoms with Crippen molar-refractivity contribution >= 4 is 46.0 Å². The minimum Gasteiger partial charge on any atom is -0.375 e. The third-order valence-corrected chi connectivity index (χ3v) is 4.65. The summed E-state index contributed by atoms with van der Waals surface area (Å²) in [7, 11) is 0. The van der Waals surface area contributed by atoms with Gasteiger partial charge in [-0.25, -0.2) is 4.98 Å². The standard InChI is InChI=1S/C11H14N4O3S2/c12-11-13-4-10(20-11)19-6-8(17)14-7(16)5-15-3-1-2-9(15)18/h4H,1-3,5-6H2,(H2,12,13)(H,14,16,17). The molecule has 108 valence electrons. The van der Waals surface area contributed by atoms with Gasteiger partial charge in [-0.15, -0.1) is 11.8 Å². The van der Waals surface area contributed by atoms with Crippen LogP contribution in [0.15, 0.2) is 10.4 Å². The highest BCUT2D eigenvalue weighted by molar-refractivity contribution is 8.01. The van der Waals surface area contributed by atoms with Crippen molar-refractivity contribution in [2.45, 2.75) is 17.1 Å². The van der Waals surface area contributed by atoms with E-state index in [4.69, 9.17) is 5.73 Å². The van der Waals surface area contributed by atoms with Gasteiger partial charge in [0.2, 0.25) is 17.7 Å². The number of anilines is 1.